The van der Waals surface area contributed by atoms with Crippen molar-refractivity contribution in [2.45, 2.75) is 25.9 Å². The Morgan fingerprint density at radius 1 is 1.21 bits per heavy atom. The van der Waals surface area contributed by atoms with E-state index in [4.69, 9.17) is 11.6 Å². The van der Waals surface area contributed by atoms with Crippen LogP contribution in [0.25, 0.3) is 0 Å². The number of fused-ring (bicyclic) bond motifs is 1. The fraction of sp³-hybridized carbons (Fsp3) is 0.263. The molecule has 1 N–H and O–H groups in total. The van der Waals surface area contributed by atoms with E-state index in [2.05, 4.69) is 0 Å². The molecule has 24 heavy (non-hydrogen) atoms. The molecule has 0 radical (unpaired) electrons. The summed E-state index contributed by atoms with van der Waals surface area (Å²) in [5.74, 6) is -0.766. The minimum absolute atomic E-state index is 0.283. The topological polar surface area (TPSA) is 57.6 Å². The average molecular weight is 344 g/mol. The predicted octanol–water partition coefficient (Wildman–Crippen LogP) is 3.48. The van der Waals surface area contributed by atoms with Crippen LogP contribution in [0.5, 0.6) is 0 Å². The lowest BCUT2D eigenvalue weighted by Gasteiger charge is -2.22. The van der Waals surface area contributed by atoms with Crippen molar-refractivity contribution in [1.29, 1.82) is 0 Å². The molecule has 2 aromatic rings. The molecular weight excluding hydrogens is 326 g/mol. The van der Waals surface area contributed by atoms with Crippen LogP contribution in [0.15, 0.2) is 42.5 Å². The summed E-state index contributed by atoms with van der Waals surface area (Å²) in [4.78, 5) is 26.8. The van der Waals surface area contributed by atoms with Crippen molar-refractivity contribution in [1.82, 2.24) is 0 Å². The van der Waals surface area contributed by atoms with Crippen LogP contribution in [-0.2, 0) is 10.4 Å². The minimum atomic E-state index is -1.88. The smallest absolute Gasteiger partial charge is 0.264 e. The predicted molar refractivity (Wildman–Crippen MR) is 93.5 cm³/mol. The van der Waals surface area contributed by atoms with Crippen molar-refractivity contribution in [2.24, 2.45) is 0 Å². The highest BCUT2D eigenvalue weighted by Gasteiger charge is 2.50. The summed E-state index contributed by atoms with van der Waals surface area (Å²) in [7, 11) is 0. The van der Waals surface area contributed by atoms with Crippen LogP contribution in [0, 0.1) is 6.92 Å². The SMILES string of the molecule is CCN1C(=O)[C@](O)(CC(=O)c2ccc(C)cc2)c2cc(Cl)ccc21. The Bertz CT molecular complexity index is 816. The third-order valence-electron chi connectivity index (χ3n) is 4.40. The van der Waals surface area contributed by atoms with Gasteiger partial charge in [-0.2, -0.15) is 0 Å². The van der Waals surface area contributed by atoms with Gasteiger partial charge in [0.1, 0.15) is 0 Å². The highest BCUT2D eigenvalue weighted by molar-refractivity contribution is 6.31. The molecule has 124 valence electrons. The number of rotatable bonds is 4. The van der Waals surface area contributed by atoms with Crippen molar-refractivity contribution in [3.63, 3.8) is 0 Å². The Labute approximate surface area is 145 Å². The summed E-state index contributed by atoms with van der Waals surface area (Å²) in [6, 6.07) is 12.0. The summed E-state index contributed by atoms with van der Waals surface area (Å²) in [6.45, 7) is 4.16. The molecule has 0 aromatic heterocycles. The largest absolute Gasteiger partial charge is 0.375 e. The molecule has 1 amide bonds. The van der Waals surface area contributed by atoms with Gasteiger partial charge in [0.2, 0.25) is 0 Å². The van der Waals surface area contributed by atoms with E-state index in [9.17, 15) is 14.7 Å². The number of ketones is 1. The molecule has 1 heterocycles. The zero-order chi connectivity index (χ0) is 17.5. The minimum Gasteiger partial charge on any atom is -0.375 e. The number of amides is 1. The number of anilines is 1. The fourth-order valence-electron chi connectivity index (χ4n) is 3.08. The Morgan fingerprint density at radius 2 is 1.88 bits per heavy atom. The Balaban J connectivity index is 2.00. The van der Waals surface area contributed by atoms with E-state index >= 15 is 0 Å². The van der Waals surface area contributed by atoms with Gasteiger partial charge in [0, 0.05) is 22.7 Å². The number of hydrogen-bond acceptors (Lipinski definition) is 3. The molecule has 2 aromatic carbocycles. The maximum Gasteiger partial charge on any atom is 0.264 e. The monoisotopic (exact) mass is 343 g/mol. The second-order valence-corrected chi connectivity index (χ2v) is 6.47. The second kappa shape index (κ2) is 6.04. The summed E-state index contributed by atoms with van der Waals surface area (Å²) in [5.41, 5.74) is 0.628. The molecule has 0 saturated heterocycles. The first-order valence-corrected chi connectivity index (χ1v) is 8.19. The van der Waals surface area contributed by atoms with Gasteiger partial charge >= 0.3 is 0 Å². The van der Waals surface area contributed by atoms with Crippen LogP contribution >= 0.6 is 11.6 Å². The van der Waals surface area contributed by atoms with Crippen LogP contribution < -0.4 is 4.90 Å². The Kier molecular flexibility index (Phi) is 4.20. The van der Waals surface area contributed by atoms with Gasteiger partial charge in [-0.1, -0.05) is 41.4 Å². The van der Waals surface area contributed by atoms with Crippen molar-refractivity contribution < 1.29 is 14.7 Å². The van der Waals surface area contributed by atoms with E-state index in [0.717, 1.165) is 5.56 Å². The molecule has 5 heteroatoms. The highest BCUT2D eigenvalue weighted by Crippen LogP contribution is 2.43. The van der Waals surface area contributed by atoms with Crippen LogP contribution in [0.1, 0.15) is 34.8 Å². The zero-order valence-corrected chi connectivity index (χ0v) is 14.3. The van der Waals surface area contributed by atoms with Gasteiger partial charge in [0.25, 0.3) is 5.91 Å². The van der Waals surface area contributed by atoms with Crippen molar-refractivity contribution in [3.05, 3.63) is 64.2 Å². The summed E-state index contributed by atoms with van der Waals surface area (Å²) >= 11 is 6.03. The lowest BCUT2D eigenvalue weighted by molar-refractivity contribution is -0.135. The first-order valence-electron chi connectivity index (χ1n) is 7.81. The quantitative estimate of drug-likeness (QED) is 0.865. The first-order chi connectivity index (χ1) is 11.4. The van der Waals surface area contributed by atoms with Gasteiger partial charge in [-0.05, 0) is 32.0 Å². The number of nitrogens with zero attached hydrogens (tertiary/aromatic N) is 1. The average Bonchev–Trinajstić information content (AvgIpc) is 2.76. The number of aryl methyl sites for hydroxylation is 1. The third kappa shape index (κ3) is 2.62. The third-order valence-corrected chi connectivity index (χ3v) is 4.64. The summed E-state index contributed by atoms with van der Waals surface area (Å²) in [5, 5.41) is 11.5. The molecule has 4 nitrogen and oxygen atoms in total. The lowest BCUT2D eigenvalue weighted by Crippen LogP contribution is -2.41. The second-order valence-electron chi connectivity index (χ2n) is 6.04. The van der Waals surface area contributed by atoms with Gasteiger partial charge in [-0.15, -0.1) is 0 Å². The zero-order valence-electron chi connectivity index (χ0n) is 13.5. The number of carbonyl (C=O) groups is 2. The van der Waals surface area contributed by atoms with Gasteiger partial charge in [-0.25, -0.2) is 0 Å². The van der Waals surface area contributed by atoms with E-state index in [-0.39, 0.29) is 12.2 Å². The summed E-state index contributed by atoms with van der Waals surface area (Å²) in [6.07, 6.45) is -0.307. The number of Topliss-reactive ketones (excluding diaryl/α,β-unsaturated/α-hetero) is 1. The molecule has 0 fully saturated rings. The van der Waals surface area contributed by atoms with Crippen LogP contribution in [0.4, 0.5) is 5.69 Å². The molecule has 0 bridgehead atoms. The number of carbonyl (C=O) groups excluding carboxylic acids is 2. The van der Waals surface area contributed by atoms with E-state index in [1.165, 1.54) is 4.90 Å². The Hall–Kier alpha value is -2.17. The number of aliphatic hydroxyl groups is 1. The standard InChI is InChI=1S/C19H18ClNO3/c1-3-21-16-9-8-14(20)10-15(16)19(24,18(21)23)11-17(22)13-6-4-12(2)5-7-13/h4-10,24H,3,11H2,1-2H3/t19-/m0/s1. The van der Waals surface area contributed by atoms with Crippen LogP contribution in [0.2, 0.25) is 5.02 Å². The maximum atomic E-state index is 12.7. The molecular formula is C19H18ClNO3. The molecule has 0 spiro atoms. The molecule has 0 unspecified atom stereocenters. The van der Waals surface area contributed by atoms with Crippen molar-refractivity contribution >= 4 is 29.0 Å². The number of halogens is 1. The molecule has 0 aliphatic carbocycles. The maximum absolute atomic E-state index is 12.7. The van der Waals surface area contributed by atoms with Gasteiger partial charge < -0.3 is 10.0 Å². The Morgan fingerprint density at radius 3 is 2.50 bits per heavy atom. The first kappa shape index (κ1) is 16.7. The molecule has 0 saturated carbocycles. The summed E-state index contributed by atoms with van der Waals surface area (Å²) < 4.78 is 0. The number of benzene rings is 2. The number of likely N-dealkylation sites (N-methyl/N-ethyl adjacent to an activating group) is 1. The van der Waals surface area contributed by atoms with Crippen molar-refractivity contribution in [2.75, 3.05) is 11.4 Å². The normalized spacial score (nSPS) is 19.5. The van der Waals surface area contributed by atoms with Crippen molar-refractivity contribution in [3.8, 4) is 0 Å². The van der Waals surface area contributed by atoms with E-state index < -0.39 is 11.5 Å². The molecule has 1 atom stereocenters. The van der Waals surface area contributed by atoms with E-state index in [0.29, 0.717) is 28.4 Å². The molecule has 1 aliphatic rings. The lowest BCUT2D eigenvalue weighted by atomic mass is 9.88. The fourth-order valence-corrected chi connectivity index (χ4v) is 3.25. The van der Waals surface area contributed by atoms with E-state index in [1.807, 2.05) is 26.0 Å². The van der Waals surface area contributed by atoms with Gasteiger partial charge in [-0.3, -0.25) is 9.59 Å². The van der Waals surface area contributed by atoms with Crippen LogP contribution in [-0.4, -0.2) is 23.3 Å². The highest BCUT2D eigenvalue weighted by atomic mass is 35.5. The van der Waals surface area contributed by atoms with Gasteiger partial charge in [0.15, 0.2) is 11.4 Å². The van der Waals surface area contributed by atoms with Gasteiger partial charge in [0.05, 0.1) is 12.1 Å². The van der Waals surface area contributed by atoms with Crippen LogP contribution in [0.3, 0.4) is 0 Å². The van der Waals surface area contributed by atoms with E-state index in [1.54, 1.807) is 30.3 Å². The molecule has 3 rings (SSSR count). The molecule has 1 aliphatic heterocycles. The number of hydrogen-bond donors (Lipinski definition) is 1.